The molecule has 5 nitrogen and oxygen atoms in total. The molecule has 0 spiro atoms. The van der Waals surface area contributed by atoms with Gasteiger partial charge in [0.05, 0.1) is 6.20 Å². The van der Waals surface area contributed by atoms with E-state index in [-0.39, 0.29) is 5.91 Å². The highest BCUT2D eigenvalue weighted by atomic mass is 16.2. The largest absolute Gasteiger partial charge is 0.307 e. The van der Waals surface area contributed by atoms with Crippen molar-refractivity contribution in [3.8, 4) is 0 Å². The van der Waals surface area contributed by atoms with Crippen LogP contribution in [-0.2, 0) is 13.5 Å². The summed E-state index contributed by atoms with van der Waals surface area (Å²) in [5, 5.41) is 8.02. The van der Waals surface area contributed by atoms with Crippen LogP contribution < -0.4 is 4.90 Å². The molecule has 2 heterocycles. The van der Waals surface area contributed by atoms with Crippen LogP contribution in [0.3, 0.4) is 0 Å². The van der Waals surface area contributed by atoms with Crippen LogP contribution in [0.2, 0.25) is 0 Å². The zero-order chi connectivity index (χ0) is 12.5. The molecule has 3 rings (SSSR count). The molecular formula is C13H14N4O. The molecule has 1 aromatic carbocycles. The minimum Gasteiger partial charge on any atom is -0.307 e. The van der Waals surface area contributed by atoms with Gasteiger partial charge in [-0.1, -0.05) is 18.2 Å². The molecular weight excluding hydrogens is 228 g/mol. The molecule has 92 valence electrons. The number of benzene rings is 1. The highest BCUT2D eigenvalue weighted by molar-refractivity contribution is 6.05. The van der Waals surface area contributed by atoms with Crippen molar-refractivity contribution in [2.24, 2.45) is 7.05 Å². The maximum atomic E-state index is 12.4. The Labute approximate surface area is 105 Å². The number of anilines is 1. The van der Waals surface area contributed by atoms with E-state index >= 15 is 0 Å². The molecule has 0 aliphatic carbocycles. The van der Waals surface area contributed by atoms with Crippen LogP contribution in [0.25, 0.3) is 0 Å². The maximum absolute atomic E-state index is 12.4. The number of amides is 1. The minimum atomic E-state index is -0.0738. The van der Waals surface area contributed by atoms with E-state index in [0.717, 1.165) is 25.1 Å². The Morgan fingerprint density at radius 1 is 1.33 bits per heavy atom. The highest BCUT2D eigenvalue weighted by Crippen LogP contribution is 2.27. The lowest BCUT2D eigenvalue weighted by Crippen LogP contribution is -2.35. The second-order valence-electron chi connectivity index (χ2n) is 4.41. The third-order valence-electron chi connectivity index (χ3n) is 3.17. The molecule has 0 N–H and O–H groups in total. The summed E-state index contributed by atoms with van der Waals surface area (Å²) in [5.41, 5.74) is 2.62. The lowest BCUT2D eigenvalue weighted by Gasteiger charge is -2.28. The average Bonchev–Trinajstić information content (AvgIpc) is 2.84. The van der Waals surface area contributed by atoms with Gasteiger partial charge in [0.15, 0.2) is 5.69 Å². The van der Waals surface area contributed by atoms with E-state index in [9.17, 15) is 4.79 Å². The third kappa shape index (κ3) is 1.77. The summed E-state index contributed by atoms with van der Waals surface area (Å²) in [4.78, 5) is 15.6. The quantitative estimate of drug-likeness (QED) is 0.759. The summed E-state index contributed by atoms with van der Waals surface area (Å²) in [6, 6.07) is 8.03. The zero-order valence-corrected chi connectivity index (χ0v) is 10.2. The van der Waals surface area contributed by atoms with Crippen LogP contribution in [0.15, 0.2) is 30.5 Å². The van der Waals surface area contributed by atoms with Crippen molar-refractivity contribution < 1.29 is 4.79 Å². The Hall–Kier alpha value is -2.17. The highest BCUT2D eigenvalue weighted by Gasteiger charge is 2.24. The number of rotatable bonds is 1. The Bertz CT molecular complexity index is 590. The number of aryl methyl sites for hydroxylation is 2. The molecule has 0 atom stereocenters. The van der Waals surface area contributed by atoms with Crippen LogP contribution in [0.1, 0.15) is 22.5 Å². The molecule has 0 saturated carbocycles. The fraction of sp³-hybridized carbons (Fsp3) is 0.308. The van der Waals surface area contributed by atoms with Crippen LogP contribution in [0.5, 0.6) is 0 Å². The Morgan fingerprint density at radius 2 is 2.17 bits per heavy atom. The van der Waals surface area contributed by atoms with Crippen LogP contribution in [-0.4, -0.2) is 27.4 Å². The van der Waals surface area contributed by atoms with Gasteiger partial charge >= 0.3 is 0 Å². The summed E-state index contributed by atoms with van der Waals surface area (Å²) in [7, 11) is 1.71. The Balaban J connectivity index is 1.96. The lowest BCUT2D eigenvalue weighted by molar-refractivity contribution is 0.0979. The number of aromatic nitrogens is 3. The number of nitrogens with zero attached hydrogens (tertiary/aromatic N) is 4. The van der Waals surface area contributed by atoms with Crippen molar-refractivity contribution in [3.05, 3.63) is 41.7 Å². The average molecular weight is 242 g/mol. The van der Waals surface area contributed by atoms with E-state index in [1.165, 1.54) is 16.6 Å². The molecule has 1 aliphatic rings. The van der Waals surface area contributed by atoms with Crippen molar-refractivity contribution in [2.45, 2.75) is 12.8 Å². The molecule has 0 radical (unpaired) electrons. The van der Waals surface area contributed by atoms with Crippen molar-refractivity contribution in [1.82, 2.24) is 15.0 Å². The fourth-order valence-corrected chi connectivity index (χ4v) is 2.33. The number of fused-ring (bicyclic) bond motifs is 1. The number of hydrogen-bond acceptors (Lipinski definition) is 3. The molecule has 0 bridgehead atoms. The van der Waals surface area contributed by atoms with Gasteiger partial charge in [0.25, 0.3) is 5.91 Å². The van der Waals surface area contributed by atoms with Gasteiger partial charge in [-0.15, -0.1) is 5.10 Å². The van der Waals surface area contributed by atoms with Crippen molar-refractivity contribution >= 4 is 11.6 Å². The monoisotopic (exact) mass is 242 g/mol. The van der Waals surface area contributed by atoms with E-state index in [4.69, 9.17) is 0 Å². The lowest BCUT2D eigenvalue weighted by atomic mass is 10.0. The van der Waals surface area contributed by atoms with Crippen LogP contribution in [0, 0.1) is 0 Å². The second-order valence-corrected chi connectivity index (χ2v) is 4.41. The van der Waals surface area contributed by atoms with Gasteiger partial charge < -0.3 is 4.90 Å². The molecule has 2 aromatic rings. The summed E-state index contributed by atoms with van der Waals surface area (Å²) >= 11 is 0. The zero-order valence-electron chi connectivity index (χ0n) is 10.2. The van der Waals surface area contributed by atoms with Gasteiger partial charge in [-0.05, 0) is 24.5 Å². The molecule has 1 aliphatic heterocycles. The SMILES string of the molecule is Cn1ncc(C(=O)N2CCCc3ccccc32)n1. The van der Waals surface area contributed by atoms with E-state index < -0.39 is 0 Å². The number of carbonyl (C=O) groups is 1. The van der Waals surface area contributed by atoms with E-state index in [1.54, 1.807) is 11.9 Å². The predicted octanol–water partition coefficient (Wildman–Crippen LogP) is 1.41. The topological polar surface area (TPSA) is 51.0 Å². The van der Waals surface area contributed by atoms with Crippen LogP contribution >= 0.6 is 0 Å². The summed E-state index contributed by atoms with van der Waals surface area (Å²) in [5.74, 6) is -0.0738. The summed E-state index contributed by atoms with van der Waals surface area (Å²) in [6.07, 6.45) is 3.53. The van der Waals surface area contributed by atoms with Crippen molar-refractivity contribution in [3.63, 3.8) is 0 Å². The molecule has 0 fully saturated rings. The summed E-state index contributed by atoms with van der Waals surface area (Å²) in [6.45, 7) is 0.742. The number of para-hydroxylation sites is 1. The van der Waals surface area contributed by atoms with Gasteiger partial charge in [0.1, 0.15) is 0 Å². The molecule has 0 unspecified atom stereocenters. The van der Waals surface area contributed by atoms with Crippen molar-refractivity contribution in [1.29, 1.82) is 0 Å². The molecule has 5 heteroatoms. The molecule has 1 amide bonds. The van der Waals surface area contributed by atoms with Crippen molar-refractivity contribution in [2.75, 3.05) is 11.4 Å². The Kier molecular flexibility index (Phi) is 2.59. The van der Waals surface area contributed by atoms with Gasteiger partial charge in [-0.25, -0.2) is 0 Å². The van der Waals surface area contributed by atoms with Crippen LogP contribution in [0.4, 0.5) is 5.69 Å². The van der Waals surface area contributed by atoms with E-state index in [1.807, 2.05) is 18.2 Å². The van der Waals surface area contributed by atoms with Gasteiger partial charge in [-0.2, -0.15) is 9.90 Å². The standard InChI is InChI=1S/C13H14N4O/c1-16-14-9-11(15-16)13(18)17-8-4-6-10-5-2-3-7-12(10)17/h2-3,5,7,9H,4,6,8H2,1H3. The first-order valence-electron chi connectivity index (χ1n) is 6.02. The van der Waals surface area contributed by atoms with E-state index in [2.05, 4.69) is 16.3 Å². The van der Waals surface area contributed by atoms with E-state index in [0.29, 0.717) is 5.69 Å². The maximum Gasteiger partial charge on any atom is 0.280 e. The number of carbonyl (C=O) groups excluding carboxylic acids is 1. The predicted molar refractivity (Wildman–Crippen MR) is 67.4 cm³/mol. The molecule has 1 aromatic heterocycles. The first kappa shape index (κ1) is 11.0. The third-order valence-corrected chi connectivity index (χ3v) is 3.17. The van der Waals surface area contributed by atoms with Gasteiger partial charge in [0.2, 0.25) is 0 Å². The fourth-order valence-electron chi connectivity index (χ4n) is 2.33. The smallest absolute Gasteiger partial charge is 0.280 e. The van der Waals surface area contributed by atoms with Gasteiger partial charge in [-0.3, -0.25) is 4.79 Å². The first-order valence-corrected chi connectivity index (χ1v) is 6.02. The normalized spacial score (nSPS) is 14.4. The molecule has 18 heavy (non-hydrogen) atoms. The summed E-state index contributed by atoms with van der Waals surface area (Å²) < 4.78 is 0. The first-order chi connectivity index (χ1) is 8.75. The molecule has 0 saturated heterocycles. The van der Waals surface area contributed by atoms with Gasteiger partial charge in [0, 0.05) is 19.3 Å². The Morgan fingerprint density at radius 3 is 2.94 bits per heavy atom. The second kappa shape index (κ2) is 4.25. The minimum absolute atomic E-state index is 0.0738. The number of hydrogen-bond donors (Lipinski definition) is 0.